The lowest BCUT2D eigenvalue weighted by Gasteiger charge is -2.32. The second-order valence-corrected chi connectivity index (χ2v) is 16.5. The number of hydrogen-bond acceptors (Lipinski definition) is 2. The molecule has 0 N–H and O–H groups in total. The Labute approximate surface area is 372 Å². The Morgan fingerprint density at radius 1 is 0.391 bits per heavy atom. The maximum absolute atomic E-state index is 6.99. The molecule has 0 radical (unpaired) electrons. The lowest BCUT2D eigenvalue weighted by Crippen LogP contribution is -2.14. The molecule has 3 nitrogen and oxygen atoms in total. The fourth-order valence-electron chi connectivity index (χ4n) is 9.76. The molecule has 0 atom stereocenters. The second-order valence-electron chi connectivity index (χ2n) is 16.5. The molecule has 12 aromatic rings. The highest BCUT2D eigenvalue weighted by Gasteiger charge is 2.27. The number of furan rings is 1. The Morgan fingerprint density at radius 3 is 1.55 bits per heavy atom. The molecule has 0 aliphatic rings. The fraction of sp³-hybridized carbons (Fsp3) is 0.0164. The van der Waals surface area contributed by atoms with E-state index in [0.29, 0.717) is 0 Å². The van der Waals surface area contributed by atoms with Crippen LogP contribution in [0.3, 0.4) is 0 Å². The first-order chi connectivity index (χ1) is 31.7. The molecule has 10 aromatic carbocycles. The predicted octanol–water partition coefficient (Wildman–Crippen LogP) is 17.1. The molecule has 0 saturated carbocycles. The van der Waals surface area contributed by atoms with E-state index in [1.54, 1.807) is 0 Å². The summed E-state index contributed by atoms with van der Waals surface area (Å²) in [6, 6.07) is 85.1. The highest BCUT2D eigenvalue weighted by Crippen LogP contribution is 2.51. The van der Waals surface area contributed by atoms with Crippen LogP contribution < -0.4 is 4.90 Å². The minimum atomic E-state index is 0.856. The van der Waals surface area contributed by atoms with Crippen LogP contribution in [0.2, 0.25) is 0 Å². The fourth-order valence-corrected chi connectivity index (χ4v) is 9.76. The quantitative estimate of drug-likeness (QED) is 0.152. The second kappa shape index (κ2) is 15.5. The highest BCUT2D eigenvalue weighted by molar-refractivity contribution is 6.14. The van der Waals surface area contributed by atoms with Crippen LogP contribution in [-0.4, -0.2) is 4.57 Å². The van der Waals surface area contributed by atoms with E-state index in [1.165, 1.54) is 38.5 Å². The largest absolute Gasteiger partial charge is 0.455 e. The standard InChI is InChI=1S/C61H42N2O/c1-41-39-47(43-19-7-3-8-20-43)40-54(45-21-9-4-10-22-45)60(41)63(49-33-29-44(30-34-49)42-17-5-2-6-18-42)57-38-37-53-52-25-13-16-28-58(52)64-61(53)59(57)46-31-35-48(36-32-46)62-55-26-14-11-23-50(55)51-24-12-15-27-56(51)62/h2-40H,1H3. The topological polar surface area (TPSA) is 21.3 Å². The molecule has 0 unspecified atom stereocenters. The van der Waals surface area contributed by atoms with Gasteiger partial charge >= 0.3 is 0 Å². The molecule has 12 rings (SSSR count). The monoisotopic (exact) mass is 818 g/mol. The van der Waals surface area contributed by atoms with Crippen LogP contribution in [0.25, 0.3) is 93.9 Å². The first kappa shape index (κ1) is 37.4. The predicted molar refractivity (Wildman–Crippen MR) is 269 cm³/mol. The van der Waals surface area contributed by atoms with Gasteiger partial charge in [-0.25, -0.2) is 0 Å². The van der Waals surface area contributed by atoms with E-state index in [0.717, 1.165) is 78.1 Å². The molecule has 3 heteroatoms. The van der Waals surface area contributed by atoms with Crippen molar-refractivity contribution in [3.8, 4) is 50.2 Å². The minimum Gasteiger partial charge on any atom is -0.455 e. The molecule has 302 valence electrons. The number of hydrogen-bond donors (Lipinski definition) is 0. The maximum atomic E-state index is 6.99. The normalized spacial score (nSPS) is 11.5. The van der Waals surface area contributed by atoms with Gasteiger partial charge in [-0.15, -0.1) is 0 Å². The zero-order valence-electron chi connectivity index (χ0n) is 35.3. The SMILES string of the molecule is Cc1cc(-c2ccccc2)cc(-c2ccccc2)c1N(c1ccc(-c2ccccc2)cc1)c1ccc2c(oc3ccccc32)c1-c1ccc(-n2c3ccccc3c3ccccc32)cc1. The van der Waals surface area contributed by atoms with E-state index in [9.17, 15) is 0 Å². The zero-order chi connectivity index (χ0) is 42.6. The van der Waals surface area contributed by atoms with Crippen LogP contribution >= 0.6 is 0 Å². The molecular weight excluding hydrogens is 777 g/mol. The van der Waals surface area contributed by atoms with Crippen molar-refractivity contribution in [3.05, 3.63) is 242 Å². The summed E-state index contributed by atoms with van der Waals surface area (Å²) in [5.74, 6) is 0. The maximum Gasteiger partial charge on any atom is 0.145 e. The summed E-state index contributed by atoms with van der Waals surface area (Å²) < 4.78 is 9.36. The Hall–Kier alpha value is -8.40. The summed E-state index contributed by atoms with van der Waals surface area (Å²) in [6.07, 6.45) is 0. The summed E-state index contributed by atoms with van der Waals surface area (Å²) in [4.78, 5) is 2.46. The average molecular weight is 819 g/mol. The highest BCUT2D eigenvalue weighted by atomic mass is 16.3. The van der Waals surface area contributed by atoms with Gasteiger partial charge in [-0.05, 0) is 113 Å². The van der Waals surface area contributed by atoms with Crippen molar-refractivity contribution in [1.29, 1.82) is 0 Å². The molecule has 0 saturated heterocycles. The van der Waals surface area contributed by atoms with Crippen molar-refractivity contribution in [2.45, 2.75) is 6.92 Å². The Morgan fingerprint density at radius 2 is 0.906 bits per heavy atom. The third-order valence-corrected chi connectivity index (χ3v) is 12.7. The number of nitrogens with zero attached hydrogens (tertiary/aromatic N) is 2. The molecule has 0 aliphatic heterocycles. The number of fused-ring (bicyclic) bond motifs is 6. The van der Waals surface area contributed by atoms with E-state index < -0.39 is 0 Å². The lowest BCUT2D eigenvalue weighted by atomic mass is 9.92. The van der Waals surface area contributed by atoms with Gasteiger partial charge in [-0.2, -0.15) is 0 Å². The van der Waals surface area contributed by atoms with Gasteiger partial charge in [-0.3, -0.25) is 0 Å². The van der Waals surface area contributed by atoms with Gasteiger partial charge < -0.3 is 13.9 Å². The van der Waals surface area contributed by atoms with Gasteiger partial charge in [0.15, 0.2) is 0 Å². The van der Waals surface area contributed by atoms with Crippen LogP contribution in [0.15, 0.2) is 241 Å². The van der Waals surface area contributed by atoms with Crippen molar-refractivity contribution in [1.82, 2.24) is 4.57 Å². The number of aryl methyl sites for hydroxylation is 1. The summed E-state index contributed by atoms with van der Waals surface area (Å²) in [7, 11) is 0. The number of para-hydroxylation sites is 3. The van der Waals surface area contributed by atoms with Gasteiger partial charge in [0.2, 0.25) is 0 Å². The molecule has 0 spiro atoms. The Kier molecular flexibility index (Phi) is 9.05. The van der Waals surface area contributed by atoms with Gasteiger partial charge in [0.1, 0.15) is 11.2 Å². The molecule has 64 heavy (non-hydrogen) atoms. The number of anilines is 3. The summed E-state index contributed by atoms with van der Waals surface area (Å²) in [5, 5.41) is 4.67. The molecule has 2 aromatic heterocycles. The minimum absolute atomic E-state index is 0.856. The summed E-state index contributed by atoms with van der Waals surface area (Å²) in [5.41, 5.74) is 18.6. The first-order valence-corrected chi connectivity index (χ1v) is 21.9. The van der Waals surface area contributed by atoms with E-state index >= 15 is 0 Å². The molecule has 0 bridgehead atoms. The Bertz CT molecular complexity index is 3590. The number of benzene rings is 10. The van der Waals surface area contributed by atoms with Crippen LogP contribution in [-0.2, 0) is 0 Å². The number of aromatic nitrogens is 1. The van der Waals surface area contributed by atoms with E-state index in [1.807, 2.05) is 0 Å². The summed E-state index contributed by atoms with van der Waals surface area (Å²) in [6.45, 7) is 2.25. The van der Waals surface area contributed by atoms with Crippen molar-refractivity contribution < 1.29 is 4.42 Å². The van der Waals surface area contributed by atoms with E-state index in [-0.39, 0.29) is 0 Å². The first-order valence-electron chi connectivity index (χ1n) is 21.9. The van der Waals surface area contributed by atoms with Crippen molar-refractivity contribution in [3.63, 3.8) is 0 Å². The van der Waals surface area contributed by atoms with E-state index in [2.05, 4.69) is 253 Å². The molecule has 0 fully saturated rings. The van der Waals surface area contributed by atoms with Crippen LogP contribution in [0.5, 0.6) is 0 Å². The van der Waals surface area contributed by atoms with Crippen molar-refractivity contribution in [2.75, 3.05) is 4.90 Å². The summed E-state index contributed by atoms with van der Waals surface area (Å²) >= 11 is 0. The van der Waals surface area contributed by atoms with E-state index in [4.69, 9.17) is 4.42 Å². The zero-order valence-corrected chi connectivity index (χ0v) is 35.3. The van der Waals surface area contributed by atoms with Crippen molar-refractivity contribution >= 4 is 60.8 Å². The Balaban J connectivity index is 1.13. The molecule has 2 heterocycles. The van der Waals surface area contributed by atoms with Crippen LogP contribution in [0.1, 0.15) is 5.56 Å². The van der Waals surface area contributed by atoms with Gasteiger partial charge in [0, 0.05) is 44.0 Å². The third kappa shape index (κ3) is 6.29. The number of rotatable bonds is 8. The molecule has 0 aliphatic carbocycles. The molecule has 0 amide bonds. The smallest absolute Gasteiger partial charge is 0.145 e. The lowest BCUT2D eigenvalue weighted by molar-refractivity contribution is 0.670. The third-order valence-electron chi connectivity index (χ3n) is 12.7. The van der Waals surface area contributed by atoms with Gasteiger partial charge in [0.25, 0.3) is 0 Å². The van der Waals surface area contributed by atoms with Gasteiger partial charge in [0.05, 0.1) is 22.4 Å². The van der Waals surface area contributed by atoms with Crippen molar-refractivity contribution in [2.24, 2.45) is 0 Å². The average Bonchev–Trinajstić information content (AvgIpc) is 3.91. The van der Waals surface area contributed by atoms with Crippen LogP contribution in [0, 0.1) is 6.92 Å². The van der Waals surface area contributed by atoms with Crippen LogP contribution in [0.4, 0.5) is 17.1 Å². The van der Waals surface area contributed by atoms with Gasteiger partial charge in [-0.1, -0.05) is 170 Å². The molecular formula is C61H42N2O.